The molecule has 1 unspecified atom stereocenters. The molecule has 15 heavy (non-hydrogen) atoms. The van der Waals surface area contributed by atoms with Crippen molar-refractivity contribution in [1.82, 2.24) is 5.32 Å². The van der Waals surface area contributed by atoms with E-state index in [2.05, 4.69) is 5.32 Å². The molecule has 1 heterocycles. The van der Waals surface area contributed by atoms with Gasteiger partial charge in [0.15, 0.2) is 0 Å². The normalized spacial score (nSPS) is 21.6. The molecular weight excluding hydrogens is 196 g/mol. The Balaban J connectivity index is 2.03. The van der Waals surface area contributed by atoms with Crippen molar-refractivity contribution in [3.8, 4) is 0 Å². The smallest absolute Gasteiger partial charge is 0.129 e. The van der Waals surface area contributed by atoms with Gasteiger partial charge in [0.05, 0.1) is 0 Å². The van der Waals surface area contributed by atoms with Gasteiger partial charge in [-0.1, -0.05) is 6.07 Å². The van der Waals surface area contributed by atoms with Crippen LogP contribution in [-0.2, 0) is 6.42 Å². The summed E-state index contributed by atoms with van der Waals surface area (Å²) in [5, 5.41) is 3.29. The third-order valence-electron chi connectivity index (χ3n) is 2.92. The Morgan fingerprint density at radius 3 is 2.87 bits per heavy atom. The molecule has 1 nitrogen and oxygen atoms in total. The van der Waals surface area contributed by atoms with Gasteiger partial charge < -0.3 is 5.32 Å². The Morgan fingerprint density at radius 2 is 2.20 bits per heavy atom. The summed E-state index contributed by atoms with van der Waals surface area (Å²) in [4.78, 5) is 0. The predicted molar refractivity (Wildman–Crippen MR) is 55.7 cm³/mol. The first kappa shape index (κ1) is 10.6. The first-order valence-electron chi connectivity index (χ1n) is 5.40. The number of piperidine rings is 1. The Kier molecular flexibility index (Phi) is 3.31. The average molecular weight is 211 g/mol. The summed E-state index contributed by atoms with van der Waals surface area (Å²) in [5.41, 5.74) is 0.630. The number of benzene rings is 1. The minimum atomic E-state index is -0.502. The van der Waals surface area contributed by atoms with Crippen LogP contribution in [-0.4, -0.2) is 13.1 Å². The summed E-state index contributed by atoms with van der Waals surface area (Å²) in [6.45, 7) is 2.00. The fourth-order valence-electron chi connectivity index (χ4n) is 2.10. The van der Waals surface area contributed by atoms with Crippen LogP contribution in [0, 0.1) is 17.6 Å². The molecule has 1 saturated heterocycles. The standard InChI is InChI=1S/C12H15F2N/c13-11-4-3-10(12(14)7-11)6-9-2-1-5-15-8-9/h3-4,7,9,15H,1-2,5-6,8H2. The van der Waals surface area contributed by atoms with Crippen LogP contribution in [0.2, 0.25) is 0 Å². The lowest BCUT2D eigenvalue weighted by Crippen LogP contribution is -2.31. The molecule has 0 spiro atoms. The summed E-state index contributed by atoms with van der Waals surface area (Å²) >= 11 is 0. The van der Waals surface area contributed by atoms with E-state index < -0.39 is 11.6 Å². The van der Waals surface area contributed by atoms with E-state index >= 15 is 0 Å². The molecule has 1 fully saturated rings. The van der Waals surface area contributed by atoms with Gasteiger partial charge in [0, 0.05) is 6.07 Å². The largest absolute Gasteiger partial charge is 0.316 e. The molecule has 0 amide bonds. The minimum absolute atomic E-state index is 0.416. The zero-order chi connectivity index (χ0) is 10.7. The Morgan fingerprint density at radius 1 is 1.33 bits per heavy atom. The van der Waals surface area contributed by atoms with Crippen LogP contribution >= 0.6 is 0 Å². The number of hydrogen-bond acceptors (Lipinski definition) is 1. The van der Waals surface area contributed by atoms with Crippen molar-refractivity contribution < 1.29 is 8.78 Å². The van der Waals surface area contributed by atoms with Crippen LogP contribution in [0.4, 0.5) is 8.78 Å². The molecule has 0 bridgehead atoms. The molecular formula is C12H15F2N. The van der Waals surface area contributed by atoms with Gasteiger partial charge in [0.25, 0.3) is 0 Å². The maximum Gasteiger partial charge on any atom is 0.129 e. The summed E-state index contributed by atoms with van der Waals surface area (Å²) in [7, 11) is 0. The SMILES string of the molecule is Fc1ccc(CC2CCCNC2)c(F)c1. The molecule has 3 heteroatoms. The van der Waals surface area contributed by atoms with Crippen molar-refractivity contribution in [3.63, 3.8) is 0 Å². The van der Waals surface area contributed by atoms with Crippen LogP contribution < -0.4 is 5.32 Å². The van der Waals surface area contributed by atoms with E-state index in [-0.39, 0.29) is 0 Å². The highest BCUT2D eigenvalue weighted by atomic mass is 19.1. The molecule has 1 aliphatic rings. The summed E-state index contributed by atoms with van der Waals surface area (Å²) in [6, 6.07) is 3.85. The Labute approximate surface area is 88.5 Å². The molecule has 0 radical (unpaired) electrons. The predicted octanol–water partition coefficient (Wildman–Crippen LogP) is 2.51. The highest BCUT2D eigenvalue weighted by Gasteiger charge is 2.15. The van der Waals surface area contributed by atoms with Gasteiger partial charge in [0.1, 0.15) is 11.6 Å². The molecule has 1 atom stereocenters. The van der Waals surface area contributed by atoms with Crippen molar-refractivity contribution in [2.75, 3.05) is 13.1 Å². The monoisotopic (exact) mass is 211 g/mol. The van der Waals surface area contributed by atoms with E-state index in [0.717, 1.165) is 32.0 Å². The topological polar surface area (TPSA) is 12.0 Å². The van der Waals surface area contributed by atoms with Gasteiger partial charge in [-0.25, -0.2) is 8.78 Å². The first-order chi connectivity index (χ1) is 7.25. The van der Waals surface area contributed by atoms with Gasteiger partial charge >= 0.3 is 0 Å². The van der Waals surface area contributed by atoms with Gasteiger partial charge in [0.2, 0.25) is 0 Å². The van der Waals surface area contributed by atoms with E-state index in [9.17, 15) is 8.78 Å². The zero-order valence-corrected chi connectivity index (χ0v) is 8.60. The van der Waals surface area contributed by atoms with E-state index in [0.29, 0.717) is 17.9 Å². The number of nitrogens with one attached hydrogen (secondary N) is 1. The van der Waals surface area contributed by atoms with Gasteiger partial charge in [-0.3, -0.25) is 0 Å². The molecule has 1 aromatic carbocycles. The summed E-state index contributed by atoms with van der Waals surface area (Å²) in [6.07, 6.45) is 2.98. The van der Waals surface area contributed by atoms with Crippen molar-refractivity contribution in [3.05, 3.63) is 35.4 Å². The average Bonchev–Trinajstić information content (AvgIpc) is 2.24. The first-order valence-corrected chi connectivity index (χ1v) is 5.40. The molecule has 2 rings (SSSR count). The fraction of sp³-hybridized carbons (Fsp3) is 0.500. The number of halogens is 2. The maximum absolute atomic E-state index is 13.3. The molecule has 1 N–H and O–H groups in total. The molecule has 82 valence electrons. The van der Waals surface area contributed by atoms with Gasteiger partial charge in [-0.2, -0.15) is 0 Å². The van der Waals surface area contributed by atoms with Crippen LogP contribution in [0.3, 0.4) is 0 Å². The lowest BCUT2D eigenvalue weighted by Gasteiger charge is -2.22. The van der Waals surface area contributed by atoms with Crippen molar-refractivity contribution in [2.45, 2.75) is 19.3 Å². The van der Waals surface area contributed by atoms with Gasteiger partial charge in [-0.05, 0) is 49.9 Å². The van der Waals surface area contributed by atoms with Gasteiger partial charge in [-0.15, -0.1) is 0 Å². The lowest BCUT2D eigenvalue weighted by atomic mass is 9.92. The lowest BCUT2D eigenvalue weighted by molar-refractivity contribution is 0.371. The summed E-state index contributed by atoms with van der Waals surface area (Å²) < 4.78 is 26.0. The maximum atomic E-state index is 13.3. The van der Waals surface area contributed by atoms with E-state index in [1.54, 1.807) is 6.07 Å². The van der Waals surface area contributed by atoms with Crippen molar-refractivity contribution >= 4 is 0 Å². The Bertz CT molecular complexity index is 332. The third kappa shape index (κ3) is 2.75. The number of rotatable bonds is 2. The molecule has 1 aliphatic heterocycles. The fourth-order valence-corrected chi connectivity index (χ4v) is 2.10. The second kappa shape index (κ2) is 4.71. The second-order valence-corrected chi connectivity index (χ2v) is 4.15. The van der Waals surface area contributed by atoms with Crippen LogP contribution in [0.25, 0.3) is 0 Å². The van der Waals surface area contributed by atoms with E-state index in [1.165, 1.54) is 6.07 Å². The highest BCUT2D eigenvalue weighted by molar-refractivity contribution is 5.19. The van der Waals surface area contributed by atoms with E-state index in [4.69, 9.17) is 0 Å². The molecule has 0 aromatic heterocycles. The Hall–Kier alpha value is -0.960. The molecule has 0 aliphatic carbocycles. The van der Waals surface area contributed by atoms with Crippen LogP contribution in [0.5, 0.6) is 0 Å². The molecule has 1 aromatic rings. The summed E-state index contributed by atoms with van der Waals surface area (Å²) in [5.74, 6) is -0.433. The van der Waals surface area contributed by atoms with Crippen LogP contribution in [0.1, 0.15) is 18.4 Å². The third-order valence-corrected chi connectivity index (χ3v) is 2.92. The van der Waals surface area contributed by atoms with Crippen molar-refractivity contribution in [1.29, 1.82) is 0 Å². The number of hydrogen-bond donors (Lipinski definition) is 1. The quantitative estimate of drug-likeness (QED) is 0.792. The zero-order valence-electron chi connectivity index (χ0n) is 8.60. The highest BCUT2D eigenvalue weighted by Crippen LogP contribution is 2.19. The second-order valence-electron chi connectivity index (χ2n) is 4.15. The minimum Gasteiger partial charge on any atom is -0.316 e. The molecule has 0 saturated carbocycles. The van der Waals surface area contributed by atoms with E-state index in [1.807, 2.05) is 0 Å². The van der Waals surface area contributed by atoms with Crippen LogP contribution in [0.15, 0.2) is 18.2 Å². The van der Waals surface area contributed by atoms with Crippen molar-refractivity contribution in [2.24, 2.45) is 5.92 Å².